The standard InChI is InChI=1S/C12H13NO4S2/c13-9-10-1-3-11(4-2-10)19(16,17)8-7-18-6-5-12(14)15/h1-4H,5-8H2,(H,14,15). The molecule has 0 amide bonds. The number of benzene rings is 1. The van der Waals surface area contributed by atoms with Crippen LogP contribution in [0.5, 0.6) is 0 Å². The zero-order chi connectivity index (χ0) is 14.3. The number of rotatable bonds is 7. The highest BCUT2D eigenvalue weighted by atomic mass is 32.2. The van der Waals surface area contributed by atoms with Crippen LogP contribution < -0.4 is 0 Å². The van der Waals surface area contributed by atoms with E-state index in [2.05, 4.69) is 0 Å². The SMILES string of the molecule is N#Cc1ccc(S(=O)(=O)CCSCCC(=O)O)cc1. The summed E-state index contributed by atoms with van der Waals surface area (Å²) < 4.78 is 23.8. The zero-order valence-electron chi connectivity index (χ0n) is 10.1. The lowest BCUT2D eigenvalue weighted by Crippen LogP contribution is -2.09. The van der Waals surface area contributed by atoms with Gasteiger partial charge in [-0.2, -0.15) is 17.0 Å². The molecule has 1 aromatic rings. The van der Waals surface area contributed by atoms with Gasteiger partial charge in [-0.1, -0.05) is 0 Å². The number of nitrogens with zero attached hydrogens (tertiary/aromatic N) is 1. The molecule has 7 heteroatoms. The normalized spacial score (nSPS) is 10.9. The summed E-state index contributed by atoms with van der Waals surface area (Å²) in [5.41, 5.74) is 0.412. The van der Waals surface area contributed by atoms with Gasteiger partial charge in [0.2, 0.25) is 0 Å². The van der Waals surface area contributed by atoms with Crippen molar-refractivity contribution in [3.8, 4) is 6.07 Å². The number of hydrogen-bond donors (Lipinski definition) is 1. The Labute approximate surface area is 116 Å². The third kappa shape index (κ3) is 5.32. The van der Waals surface area contributed by atoms with Gasteiger partial charge < -0.3 is 5.11 Å². The Morgan fingerprint density at radius 2 is 1.89 bits per heavy atom. The van der Waals surface area contributed by atoms with Crippen LogP contribution in [0.4, 0.5) is 0 Å². The molecule has 0 aliphatic carbocycles. The van der Waals surface area contributed by atoms with E-state index in [-0.39, 0.29) is 17.1 Å². The number of thioether (sulfide) groups is 1. The van der Waals surface area contributed by atoms with Crippen molar-refractivity contribution in [3.63, 3.8) is 0 Å². The van der Waals surface area contributed by atoms with E-state index in [1.807, 2.05) is 6.07 Å². The van der Waals surface area contributed by atoms with Gasteiger partial charge in [0, 0.05) is 11.5 Å². The second-order valence-electron chi connectivity index (χ2n) is 3.71. The van der Waals surface area contributed by atoms with Gasteiger partial charge in [0.1, 0.15) is 0 Å². The first-order valence-corrected chi connectivity index (χ1v) is 8.29. The minimum atomic E-state index is -3.36. The van der Waals surface area contributed by atoms with Crippen LogP contribution in [0.2, 0.25) is 0 Å². The van der Waals surface area contributed by atoms with Crippen LogP contribution in [-0.2, 0) is 14.6 Å². The van der Waals surface area contributed by atoms with Gasteiger partial charge in [0.15, 0.2) is 9.84 Å². The van der Waals surface area contributed by atoms with Crippen LogP contribution in [0.15, 0.2) is 29.2 Å². The molecule has 5 nitrogen and oxygen atoms in total. The first kappa shape index (κ1) is 15.5. The summed E-state index contributed by atoms with van der Waals surface area (Å²) in [6.45, 7) is 0. The van der Waals surface area contributed by atoms with Crippen LogP contribution in [-0.4, -0.2) is 36.8 Å². The lowest BCUT2D eigenvalue weighted by atomic mass is 10.2. The molecule has 0 aromatic heterocycles. The van der Waals surface area contributed by atoms with Gasteiger partial charge in [-0.3, -0.25) is 4.79 Å². The molecule has 102 valence electrons. The summed E-state index contributed by atoms with van der Waals surface area (Å²) in [5, 5.41) is 17.1. The van der Waals surface area contributed by atoms with Crippen molar-refractivity contribution in [2.75, 3.05) is 17.3 Å². The highest BCUT2D eigenvalue weighted by Crippen LogP contribution is 2.14. The summed E-state index contributed by atoms with van der Waals surface area (Å²) in [6, 6.07) is 7.67. The van der Waals surface area contributed by atoms with E-state index in [4.69, 9.17) is 10.4 Å². The molecule has 1 N–H and O–H groups in total. The van der Waals surface area contributed by atoms with E-state index >= 15 is 0 Å². The smallest absolute Gasteiger partial charge is 0.304 e. The van der Waals surface area contributed by atoms with E-state index in [1.165, 1.54) is 36.0 Å². The van der Waals surface area contributed by atoms with Crippen LogP contribution in [0.25, 0.3) is 0 Å². The van der Waals surface area contributed by atoms with Gasteiger partial charge in [-0.25, -0.2) is 8.42 Å². The molecule has 0 bridgehead atoms. The molecule has 0 saturated heterocycles. The van der Waals surface area contributed by atoms with E-state index in [9.17, 15) is 13.2 Å². The topological polar surface area (TPSA) is 95.2 Å². The number of aliphatic carboxylic acids is 1. The highest BCUT2D eigenvalue weighted by Gasteiger charge is 2.13. The molecule has 0 heterocycles. The predicted molar refractivity (Wildman–Crippen MR) is 72.8 cm³/mol. The zero-order valence-corrected chi connectivity index (χ0v) is 11.7. The Hall–Kier alpha value is -1.52. The van der Waals surface area contributed by atoms with Gasteiger partial charge >= 0.3 is 5.97 Å². The van der Waals surface area contributed by atoms with Crippen molar-refractivity contribution >= 4 is 27.6 Å². The van der Waals surface area contributed by atoms with Gasteiger partial charge in [0.05, 0.1) is 28.7 Å². The molecule has 1 rings (SSSR count). The van der Waals surface area contributed by atoms with Crippen LogP contribution in [0.3, 0.4) is 0 Å². The van der Waals surface area contributed by atoms with Crippen LogP contribution in [0, 0.1) is 11.3 Å². The van der Waals surface area contributed by atoms with Crippen LogP contribution in [0.1, 0.15) is 12.0 Å². The first-order chi connectivity index (χ1) is 8.95. The second-order valence-corrected chi connectivity index (χ2v) is 7.05. The van der Waals surface area contributed by atoms with Crippen molar-refractivity contribution in [2.45, 2.75) is 11.3 Å². The molecule has 0 saturated carbocycles. The van der Waals surface area contributed by atoms with Crippen molar-refractivity contribution in [3.05, 3.63) is 29.8 Å². The summed E-state index contributed by atoms with van der Waals surface area (Å²) in [6.07, 6.45) is 0.0293. The maximum absolute atomic E-state index is 11.9. The molecule has 1 aromatic carbocycles. The van der Waals surface area contributed by atoms with Crippen molar-refractivity contribution < 1.29 is 18.3 Å². The number of hydrogen-bond acceptors (Lipinski definition) is 5. The molecular formula is C12H13NO4S2. The van der Waals surface area contributed by atoms with Crippen LogP contribution >= 0.6 is 11.8 Å². The molecule has 0 atom stereocenters. The molecule has 0 spiro atoms. The molecule has 19 heavy (non-hydrogen) atoms. The Morgan fingerprint density at radius 1 is 1.26 bits per heavy atom. The second kappa shape index (κ2) is 7.16. The van der Waals surface area contributed by atoms with Gasteiger partial charge in [-0.15, -0.1) is 0 Å². The minimum Gasteiger partial charge on any atom is -0.481 e. The molecule has 0 aliphatic rings. The largest absolute Gasteiger partial charge is 0.481 e. The minimum absolute atomic E-state index is 0.0293. The Bertz CT molecular complexity index is 573. The highest BCUT2D eigenvalue weighted by molar-refractivity contribution is 8.00. The average molecular weight is 299 g/mol. The average Bonchev–Trinajstić information content (AvgIpc) is 2.38. The fraction of sp³-hybridized carbons (Fsp3) is 0.333. The lowest BCUT2D eigenvalue weighted by Gasteiger charge is -2.04. The molecule has 0 radical (unpaired) electrons. The maximum atomic E-state index is 11.9. The Kier molecular flexibility index (Phi) is 5.86. The monoisotopic (exact) mass is 299 g/mol. The number of carbonyl (C=O) groups is 1. The van der Waals surface area contributed by atoms with E-state index < -0.39 is 15.8 Å². The number of carboxylic acid groups (broad SMARTS) is 1. The molecule has 0 unspecified atom stereocenters. The number of nitriles is 1. The summed E-state index contributed by atoms with van der Waals surface area (Å²) in [7, 11) is -3.36. The maximum Gasteiger partial charge on any atom is 0.304 e. The Morgan fingerprint density at radius 3 is 2.42 bits per heavy atom. The number of sulfone groups is 1. The number of carboxylic acids is 1. The van der Waals surface area contributed by atoms with Crippen molar-refractivity contribution in [1.82, 2.24) is 0 Å². The van der Waals surface area contributed by atoms with Crippen molar-refractivity contribution in [1.29, 1.82) is 5.26 Å². The summed E-state index contributed by atoms with van der Waals surface area (Å²) in [4.78, 5) is 10.5. The molecule has 0 aliphatic heterocycles. The predicted octanol–water partition coefficient (Wildman–Crippen LogP) is 1.54. The molecule has 0 fully saturated rings. The summed E-state index contributed by atoms with van der Waals surface area (Å²) in [5.74, 6) is -0.167. The third-order valence-corrected chi connectivity index (χ3v) is 5.28. The lowest BCUT2D eigenvalue weighted by molar-refractivity contribution is -0.136. The quantitative estimate of drug-likeness (QED) is 0.767. The van der Waals surface area contributed by atoms with Gasteiger partial charge in [-0.05, 0) is 24.3 Å². The van der Waals surface area contributed by atoms with E-state index in [0.717, 1.165) is 0 Å². The van der Waals surface area contributed by atoms with E-state index in [0.29, 0.717) is 17.1 Å². The Balaban J connectivity index is 2.51. The van der Waals surface area contributed by atoms with Gasteiger partial charge in [0.25, 0.3) is 0 Å². The van der Waals surface area contributed by atoms with E-state index in [1.54, 1.807) is 0 Å². The first-order valence-electron chi connectivity index (χ1n) is 5.48. The third-order valence-electron chi connectivity index (χ3n) is 2.30. The molecular weight excluding hydrogens is 286 g/mol. The fourth-order valence-corrected chi connectivity index (χ4v) is 3.94. The fourth-order valence-electron chi connectivity index (χ4n) is 1.28. The van der Waals surface area contributed by atoms with Crippen molar-refractivity contribution in [2.24, 2.45) is 0 Å². The summed E-state index contributed by atoms with van der Waals surface area (Å²) >= 11 is 1.30.